The van der Waals surface area contributed by atoms with Gasteiger partial charge in [-0.25, -0.2) is 0 Å². The molecule has 0 aromatic carbocycles. The normalized spacial score (nSPS) is 14.8. The molecular weight excluding hydrogens is 218 g/mol. The molecule has 0 saturated carbocycles. The minimum absolute atomic E-state index is 0.166. The van der Waals surface area contributed by atoms with Crippen molar-refractivity contribution >= 4 is 17.1 Å². The van der Waals surface area contributed by atoms with E-state index in [0.29, 0.717) is 6.42 Å². The van der Waals surface area contributed by atoms with Crippen molar-refractivity contribution in [3.8, 4) is 0 Å². The van der Waals surface area contributed by atoms with E-state index in [1.54, 1.807) is 11.3 Å². The average Bonchev–Trinajstić information content (AvgIpc) is 2.74. The van der Waals surface area contributed by atoms with Crippen LogP contribution in [0.3, 0.4) is 0 Å². The highest BCUT2D eigenvalue weighted by atomic mass is 32.1. The van der Waals surface area contributed by atoms with E-state index in [-0.39, 0.29) is 17.7 Å². The Hall–Kier alpha value is -0.670. The Balaban J connectivity index is 2.57. The summed E-state index contributed by atoms with van der Waals surface area (Å²) >= 11 is 1.72. The highest BCUT2D eigenvalue weighted by Crippen LogP contribution is 2.19. The number of Topliss-reactive ketones (excluding diaryl/α,β-unsaturated/α-hetero) is 1. The Kier molecular flexibility index (Phi) is 5.16. The highest BCUT2D eigenvalue weighted by Gasteiger charge is 2.19. The molecule has 1 heterocycles. The van der Waals surface area contributed by atoms with E-state index < -0.39 is 0 Å². The molecule has 0 aliphatic heterocycles. The highest BCUT2D eigenvalue weighted by molar-refractivity contribution is 7.12. The van der Waals surface area contributed by atoms with Crippen LogP contribution in [0.15, 0.2) is 12.1 Å². The van der Waals surface area contributed by atoms with Gasteiger partial charge < -0.3 is 5.73 Å². The molecule has 2 N–H and O–H groups in total. The monoisotopic (exact) mass is 239 g/mol. The number of hydrogen-bond donors (Lipinski definition) is 1. The van der Waals surface area contributed by atoms with E-state index >= 15 is 0 Å². The van der Waals surface area contributed by atoms with Crippen molar-refractivity contribution in [1.82, 2.24) is 0 Å². The second kappa shape index (κ2) is 6.16. The van der Waals surface area contributed by atoms with Crippen LogP contribution in [0.1, 0.15) is 36.9 Å². The van der Waals surface area contributed by atoms with Crippen molar-refractivity contribution in [3.05, 3.63) is 21.9 Å². The maximum atomic E-state index is 11.9. The van der Waals surface area contributed by atoms with Gasteiger partial charge in [0.25, 0.3) is 0 Å². The Labute approximate surface area is 102 Å². The van der Waals surface area contributed by atoms with Gasteiger partial charge in [0.15, 0.2) is 5.78 Å². The van der Waals surface area contributed by atoms with Gasteiger partial charge in [0.1, 0.15) is 0 Å². The minimum atomic E-state index is -0.308. The van der Waals surface area contributed by atoms with Crippen LogP contribution in [-0.2, 0) is 17.6 Å². The van der Waals surface area contributed by atoms with Gasteiger partial charge in [0.2, 0.25) is 0 Å². The molecule has 3 heteroatoms. The molecule has 0 spiro atoms. The van der Waals surface area contributed by atoms with Crippen molar-refractivity contribution in [2.75, 3.05) is 0 Å². The lowest BCUT2D eigenvalue weighted by molar-refractivity contribution is -0.120. The van der Waals surface area contributed by atoms with Crippen LogP contribution in [0, 0.1) is 5.92 Å². The molecule has 1 aromatic rings. The van der Waals surface area contributed by atoms with E-state index in [1.165, 1.54) is 4.88 Å². The third-order valence-electron chi connectivity index (χ3n) is 3.04. The molecule has 90 valence electrons. The Bertz CT molecular complexity index is 345. The zero-order chi connectivity index (χ0) is 12.1. The summed E-state index contributed by atoms with van der Waals surface area (Å²) in [4.78, 5) is 14.4. The van der Waals surface area contributed by atoms with E-state index in [2.05, 4.69) is 19.9 Å². The first-order valence-corrected chi connectivity index (χ1v) is 6.76. The molecular formula is C13H21NOS. The van der Waals surface area contributed by atoms with E-state index in [9.17, 15) is 4.79 Å². The van der Waals surface area contributed by atoms with Crippen LogP contribution >= 0.6 is 11.3 Å². The Morgan fingerprint density at radius 1 is 1.38 bits per heavy atom. The third-order valence-corrected chi connectivity index (χ3v) is 4.27. The summed E-state index contributed by atoms with van der Waals surface area (Å²) in [6.45, 7) is 6.23. The lowest BCUT2D eigenvalue weighted by Crippen LogP contribution is -2.37. The molecule has 1 aromatic heterocycles. The van der Waals surface area contributed by atoms with Crippen molar-refractivity contribution in [2.24, 2.45) is 11.7 Å². The molecule has 0 fully saturated rings. The summed E-state index contributed by atoms with van der Waals surface area (Å²) in [6.07, 6.45) is 2.49. The van der Waals surface area contributed by atoms with Gasteiger partial charge in [-0.05, 0) is 24.5 Å². The van der Waals surface area contributed by atoms with Gasteiger partial charge in [-0.3, -0.25) is 4.79 Å². The number of carbonyl (C=O) groups is 1. The average molecular weight is 239 g/mol. The SMILES string of the molecule is CCc1ccc(CC(=O)C(N)C(C)CC)s1. The maximum absolute atomic E-state index is 11.9. The number of aryl methyl sites for hydroxylation is 1. The summed E-state index contributed by atoms with van der Waals surface area (Å²) in [5.74, 6) is 0.442. The van der Waals surface area contributed by atoms with Crippen molar-refractivity contribution in [2.45, 2.75) is 46.1 Å². The maximum Gasteiger partial charge on any atom is 0.154 e. The molecule has 0 radical (unpaired) electrons. The van der Waals surface area contributed by atoms with Crippen LogP contribution in [0.4, 0.5) is 0 Å². The first kappa shape index (κ1) is 13.4. The number of hydrogen-bond acceptors (Lipinski definition) is 3. The topological polar surface area (TPSA) is 43.1 Å². The molecule has 0 bridgehead atoms. The molecule has 0 saturated heterocycles. The second-order valence-electron chi connectivity index (χ2n) is 4.28. The lowest BCUT2D eigenvalue weighted by Gasteiger charge is -2.16. The fourth-order valence-corrected chi connectivity index (χ4v) is 2.54. The lowest BCUT2D eigenvalue weighted by atomic mass is 9.95. The summed E-state index contributed by atoms with van der Waals surface area (Å²) in [6, 6.07) is 3.84. The zero-order valence-electron chi connectivity index (χ0n) is 10.3. The fraction of sp³-hybridized carbons (Fsp3) is 0.615. The number of rotatable bonds is 6. The smallest absolute Gasteiger partial charge is 0.154 e. The summed E-state index contributed by atoms with van der Waals surface area (Å²) in [5, 5.41) is 0. The third kappa shape index (κ3) is 3.42. The first-order valence-electron chi connectivity index (χ1n) is 5.94. The molecule has 1 rings (SSSR count). The summed E-state index contributed by atoms with van der Waals surface area (Å²) in [5.41, 5.74) is 5.91. The molecule has 0 aliphatic rings. The molecule has 0 aliphatic carbocycles. The molecule has 16 heavy (non-hydrogen) atoms. The predicted octanol–water partition coefficient (Wildman–Crippen LogP) is 2.80. The van der Waals surface area contributed by atoms with Gasteiger partial charge in [-0.2, -0.15) is 0 Å². The number of carbonyl (C=O) groups excluding carboxylic acids is 1. The number of thiophene rings is 1. The molecule has 2 atom stereocenters. The molecule has 2 nitrogen and oxygen atoms in total. The van der Waals surface area contributed by atoms with Gasteiger partial charge in [0.05, 0.1) is 6.04 Å². The van der Waals surface area contributed by atoms with Crippen LogP contribution in [0.2, 0.25) is 0 Å². The van der Waals surface area contributed by atoms with Crippen LogP contribution in [0.25, 0.3) is 0 Å². The summed E-state index contributed by atoms with van der Waals surface area (Å²) in [7, 11) is 0. The molecule has 0 amide bonds. The zero-order valence-corrected chi connectivity index (χ0v) is 11.1. The second-order valence-corrected chi connectivity index (χ2v) is 5.53. The van der Waals surface area contributed by atoms with Crippen molar-refractivity contribution < 1.29 is 4.79 Å². The molecule has 2 unspecified atom stereocenters. The standard InChI is InChI=1S/C13H21NOS/c1-4-9(3)13(14)12(15)8-11-7-6-10(5-2)16-11/h6-7,9,13H,4-5,8,14H2,1-3H3. The van der Waals surface area contributed by atoms with Crippen LogP contribution in [0.5, 0.6) is 0 Å². The quantitative estimate of drug-likeness (QED) is 0.829. The Morgan fingerprint density at radius 3 is 2.50 bits per heavy atom. The summed E-state index contributed by atoms with van der Waals surface area (Å²) < 4.78 is 0. The van der Waals surface area contributed by atoms with Crippen LogP contribution in [-0.4, -0.2) is 11.8 Å². The van der Waals surface area contributed by atoms with Crippen molar-refractivity contribution in [1.29, 1.82) is 0 Å². The van der Waals surface area contributed by atoms with Gasteiger partial charge in [-0.15, -0.1) is 11.3 Å². The predicted molar refractivity (Wildman–Crippen MR) is 69.8 cm³/mol. The van der Waals surface area contributed by atoms with E-state index in [4.69, 9.17) is 5.73 Å². The number of nitrogens with two attached hydrogens (primary N) is 1. The van der Waals surface area contributed by atoms with E-state index in [0.717, 1.165) is 17.7 Å². The van der Waals surface area contributed by atoms with Gasteiger partial charge in [-0.1, -0.05) is 27.2 Å². The first-order chi connectivity index (χ1) is 7.58. The largest absolute Gasteiger partial charge is 0.321 e. The fourth-order valence-electron chi connectivity index (χ4n) is 1.57. The van der Waals surface area contributed by atoms with Gasteiger partial charge >= 0.3 is 0 Å². The van der Waals surface area contributed by atoms with Crippen molar-refractivity contribution in [3.63, 3.8) is 0 Å². The number of ketones is 1. The minimum Gasteiger partial charge on any atom is -0.321 e. The van der Waals surface area contributed by atoms with Crippen LogP contribution < -0.4 is 5.73 Å². The Morgan fingerprint density at radius 2 is 2.00 bits per heavy atom. The van der Waals surface area contributed by atoms with Gasteiger partial charge in [0, 0.05) is 16.2 Å². The van der Waals surface area contributed by atoms with E-state index in [1.807, 2.05) is 13.0 Å².